The maximum absolute atomic E-state index is 12.0. The quantitative estimate of drug-likeness (QED) is 0.865. The summed E-state index contributed by atoms with van der Waals surface area (Å²) in [6, 6.07) is 17.8. The lowest BCUT2D eigenvalue weighted by Gasteiger charge is -2.12. The predicted molar refractivity (Wildman–Crippen MR) is 85.9 cm³/mol. The van der Waals surface area contributed by atoms with Crippen LogP contribution in [0.25, 0.3) is 0 Å². The van der Waals surface area contributed by atoms with Crippen LogP contribution < -0.4 is 5.32 Å². The largest absolute Gasteiger partial charge is 0.352 e. The zero-order chi connectivity index (χ0) is 14.4. The van der Waals surface area contributed by atoms with Crippen LogP contribution in [0, 0.1) is 0 Å². The lowest BCUT2D eigenvalue weighted by atomic mass is 9.98. The number of hydrogen-bond acceptors (Lipinski definition) is 1. The molecule has 0 aliphatic heterocycles. The van der Waals surface area contributed by atoms with Crippen molar-refractivity contribution in [2.45, 2.75) is 19.3 Å². The molecular weight excluding hydrogens is 314 g/mol. The van der Waals surface area contributed by atoms with E-state index in [1.807, 2.05) is 42.5 Å². The van der Waals surface area contributed by atoms with Gasteiger partial charge in [-0.25, -0.2) is 0 Å². The number of carbonyl (C=O) groups excluding carboxylic acids is 1. The lowest BCUT2D eigenvalue weighted by Crippen LogP contribution is -2.25. The second-order valence-electron chi connectivity index (χ2n) is 4.84. The van der Waals surface area contributed by atoms with Crippen molar-refractivity contribution >= 4 is 21.8 Å². The Kier molecular flexibility index (Phi) is 5.36. The first kappa shape index (κ1) is 14.8. The standard InChI is InChI=1S/C17H18BrNO/c1-13(14-7-3-2-4-8-14)11-12-19-17(20)15-9-5-6-10-16(15)18/h2-10,13H,11-12H2,1H3,(H,19,20). The zero-order valence-corrected chi connectivity index (χ0v) is 13.1. The number of rotatable bonds is 5. The first-order valence-corrected chi connectivity index (χ1v) is 7.55. The van der Waals surface area contributed by atoms with E-state index in [-0.39, 0.29) is 5.91 Å². The summed E-state index contributed by atoms with van der Waals surface area (Å²) in [5, 5.41) is 2.97. The molecule has 1 atom stereocenters. The minimum atomic E-state index is -0.0299. The predicted octanol–water partition coefficient (Wildman–Crippen LogP) is 4.37. The molecule has 0 aromatic heterocycles. The smallest absolute Gasteiger partial charge is 0.252 e. The highest BCUT2D eigenvalue weighted by atomic mass is 79.9. The van der Waals surface area contributed by atoms with E-state index in [4.69, 9.17) is 0 Å². The third-order valence-corrected chi connectivity index (χ3v) is 4.04. The molecule has 0 aliphatic carbocycles. The number of hydrogen-bond donors (Lipinski definition) is 1. The van der Waals surface area contributed by atoms with Crippen molar-refractivity contribution in [2.75, 3.05) is 6.54 Å². The average Bonchev–Trinajstić information content (AvgIpc) is 2.48. The molecule has 0 saturated heterocycles. The van der Waals surface area contributed by atoms with Gasteiger partial charge in [0.25, 0.3) is 5.91 Å². The Morgan fingerprint density at radius 1 is 1.10 bits per heavy atom. The molecule has 1 unspecified atom stereocenters. The first-order chi connectivity index (χ1) is 9.68. The Hall–Kier alpha value is -1.61. The lowest BCUT2D eigenvalue weighted by molar-refractivity contribution is 0.0952. The summed E-state index contributed by atoms with van der Waals surface area (Å²) in [7, 11) is 0. The summed E-state index contributed by atoms with van der Waals surface area (Å²) in [5.41, 5.74) is 1.99. The topological polar surface area (TPSA) is 29.1 Å². The van der Waals surface area contributed by atoms with Gasteiger partial charge < -0.3 is 5.32 Å². The van der Waals surface area contributed by atoms with Crippen molar-refractivity contribution in [3.05, 3.63) is 70.2 Å². The van der Waals surface area contributed by atoms with Gasteiger partial charge in [-0.3, -0.25) is 4.79 Å². The van der Waals surface area contributed by atoms with Gasteiger partial charge >= 0.3 is 0 Å². The molecule has 0 radical (unpaired) electrons. The van der Waals surface area contributed by atoms with Crippen molar-refractivity contribution in [2.24, 2.45) is 0 Å². The Morgan fingerprint density at radius 2 is 1.75 bits per heavy atom. The van der Waals surface area contributed by atoms with Gasteiger partial charge in [0.2, 0.25) is 0 Å². The van der Waals surface area contributed by atoms with E-state index < -0.39 is 0 Å². The molecule has 0 spiro atoms. The molecule has 2 aromatic carbocycles. The van der Waals surface area contributed by atoms with E-state index in [9.17, 15) is 4.79 Å². The highest BCUT2D eigenvalue weighted by Crippen LogP contribution is 2.18. The van der Waals surface area contributed by atoms with Crippen LogP contribution in [0.15, 0.2) is 59.1 Å². The summed E-state index contributed by atoms with van der Waals surface area (Å²) < 4.78 is 0.827. The van der Waals surface area contributed by atoms with Crippen molar-refractivity contribution < 1.29 is 4.79 Å². The van der Waals surface area contributed by atoms with Crippen molar-refractivity contribution in [1.82, 2.24) is 5.32 Å². The molecule has 0 heterocycles. The Labute approximate surface area is 128 Å². The average molecular weight is 332 g/mol. The van der Waals surface area contributed by atoms with Crippen molar-refractivity contribution in [3.8, 4) is 0 Å². The van der Waals surface area contributed by atoms with E-state index in [0.29, 0.717) is 18.0 Å². The van der Waals surface area contributed by atoms with E-state index in [0.717, 1.165) is 10.9 Å². The maximum Gasteiger partial charge on any atom is 0.252 e. The van der Waals surface area contributed by atoms with Gasteiger partial charge in [0.05, 0.1) is 5.56 Å². The van der Waals surface area contributed by atoms with Gasteiger partial charge in [0, 0.05) is 11.0 Å². The van der Waals surface area contributed by atoms with Crippen LogP contribution in [0.3, 0.4) is 0 Å². The molecule has 3 heteroatoms. The molecular formula is C17H18BrNO. The molecule has 0 fully saturated rings. The van der Waals surface area contributed by atoms with Crippen molar-refractivity contribution in [3.63, 3.8) is 0 Å². The highest BCUT2D eigenvalue weighted by molar-refractivity contribution is 9.10. The number of amides is 1. The van der Waals surface area contributed by atoms with E-state index >= 15 is 0 Å². The SMILES string of the molecule is CC(CCNC(=O)c1ccccc1Br)c1ccccc1. The third-order valence-electron chi connectivity index (χ3n) is 3.35. The van der Waals surface area contributed by atoms with E-state index in [1.54, 1.807) is 0 Å². The van der Waals surface area contributed by atoms with Gasteiger partial charge in [0.1, 0.15) is 0 Å². The Bertz CT molecular complexity index is 568. The number of carbonyl (C=O) groups is 1. The summed E-state index contributed by atoms with van der Waals surface area (Å²) in [6.45, 7) is 2.86. The Morgan fingerprint density at radius 3 is 2.45 bits per heavy atom. The molecule has 0 saturated carbocycles. The summed E-state index contributed by atoms with van der Waals surface area (Å²) >= 11 is 3.39. The van der Waals surface area contributed by atoms with Crippen LogP contribution in [0.1, 0.15) is 35.2 Å². The minimum absolute atomic E-state index is 0.0299. The molecule has 20 heavy (non-hydrogen) atoms. The molecule has 1 amide bonds. The molecule has 0 aliphatic rings. The fraction of sp³-hybridized carbons (Fsp3) is 0.235. The number of halogens is 1. The van der Waals surface area contributed by atoms with Gasteiger partial charge in [-0.05, 0) is 46.0 Å². The summed E-state index contributed by atoms with van der Waals surface area (Å²) in [6.07, 6.45) is 0.931. The Balaban J connectivity index is 1.84. The van der Waals surface area contributed by atoms with Crippen LogP contribution in [0.4, 0.5) is 0 Å². The molecule has 0 bridgehead atoms. The summed E-state index contributed by atoms with van der Waals surface area (Å²) in [5.74, 6) is 0.411. The molecule has 104 valence electrons. The van der Waals surface area contributed by atoms with Crippen molar-refractivity contribution in [1.29, 1.82) is 0 Å². The van der Waals surface area contributed by atoms with Crippen LogP contribution in [-0.2, 0) is 0 Å². The van der Waals surface area contributed by atoms with E-state index in [1.165, 1.54) is 5.56 Å². The normalized spacial score (nSPS) is 11.9. The maximum atomic E-state index is 12.0. The van der Waals surface area contributed by atoms with Gasteiger partial charge in [-0.1, -0.05) is 49.4 Å². The number of benzene rings is 2. The summed E-state index contributed by atoms with van der Waals surface area (Å²) in [4.78, 5) is 12.0. The molecule has 2 rings (SSSR count). The van der Waals surface area contributed by atoms with Gasteiger partial charge in [0.15, 0.2) is 0 Å². The van der Waals surface area contributed by atoms with Gasteiger partial charge in [-0.2, -0.15) is 0 Å². The van der Waals surface area contributed by atoms with E-state index in [2.05, 4.69) is 40.3 Å². The van der Waals surface area contributed by atoms with Crippen LogP contribution >= 0.6 is 15.9 Å². The fourth-order valence-electron chi connectivity index (χ4n) is 2.09. The molecule has 1 N–H and O–H groups in total. The highest BCUT2D eigenvalue weighted by Gasteiger charge is 2.10. The second-order valence-corrected chi connectivity index (χ2v) is 5.69. The third kappa shape index (κ3) is 3.94. The van der Waals surface area contributed by atoms with Gasteiger partial charge in [-0.15, -0.1) is 0 Å². The zero-order valence-electron chi connectivity index (χ0n) is 11.5. The monoisotopic (exact) mass is 331 g/mol. The van der Waals surface area contributed by atoms with Crippen LogP contribution in [0.5, 0.6) is 0 Å². The fourth-order valence-corrected chi connectivity index (χ4v) is 2.56. The molecule has 2 nitrogen and oxygen atoms in total. The molecule has 2 aromatic rings. The van der Waals surface area contributed by atoms with Crippen LogP contribution in [-0.4, -0.2) is 12.5 Å². The first-order valence-electron chi connectivity index (χ1n) is 6.76. The van der Waals surface area contributed by atoms with Crippen LogP contribution in [0.2, 0.25) is 0 Å². The number of nitrogens with one attached hydrogen (secondary N) is 1. The second kappa shape index (κ2) is 7.25. The minimum Gasteiger partial charge on any atom is -0.352 e.